The fourth-order valence-electron chi connectivity index (χ4n) is 1.64. The number of methoxy groups -OCH3 is 1. The van der Waals surface area contributed by atoms with E-state index in [0.29, 0.717) is 0 Å². The van der Waals surface area contributed by atoms with E-state index in [2.05, 4.69) is 10.6 Å². The van der Waals surface area contributed by atoms with Crippen LogP contribution < -0.4 is 10.6 Å². The molecule has 20 heavy (non-hydrogen) atoms. The Morgan fingerprint density at radius 1 is 1.20 bits per heavy atom. The SMILES string of the molecule is COCC(=O)Nc1ccc(NCc2ccc(Cl)s2)cc1. The van der Waals surface area contributed by atoms with Gasteiger partial charge in [-0.05, 0) is 36.4 Å². The van der Waals surface area contributed by atoms with Crippen LogP contribution in [0, 0.1) is 0 Å². The van der Waals surface area contributed by atoms with Crippen LogP contribution in [0.25, 0.3) is 0 Å². The molecule has 0 unspecified atom stereocenters. The highest BCUT2D eigenvalue weighted by molar-refractivity contribution is 7.16. The van der Waals surface area contributed by atoms with Gasteiger partial charge in [0.1, 0.15) is 6.61 Å². The van der Waals surface area contributed by atoms with Gasteiger partial charge in [0.2, 0.25) is 5.91 Å². The number of hydrogen-bond acceptors (Lipinski definition) is 4. The maximum Gasteiger partial charge on any atom is 0.250 e. The smallest absolute Gasteiger partial charge is 0.250 e. The number of halogens is 1. The minimum atomic E-state index is -0.165. The van der Waals surface area contributed by atoms with Crippen LogP contribution in [0.3, 0.4) is 0 Å². The summed E-state index contributed by atoms with van der Waals surface area (Å²) >= 11 is 7.43. The lowest BCUT2D eigenvalue weighted by Crippen LogP contribution is -2.16. The predicted molar refractivity (Wildman–Crippen MR) is 83.6 cm³/mol. The van der Waals surface area contributed by atoms with Gasteiger partial charge in [0.15, 0.2) is 0 Å². The van der Waals surface area contributed by atoms with Crippen LogP contribution in [0.2, 0.25) is 4.34 Å². The van der Waals surface area contributed by atoms with Crippen molar-refractivity contribution in [3.05, 3.63) is 45.6 Å². The quantitative estimate of drug-likeness (QED) is 0.857. The standard InChI is InChI=1S/C14H15ClN2O2S/c1-19-9-14(18)17-11-4-2-10(3-5-11)16-8-12-6-7-13(15)20-12/h2-7,16H,8-9H2,1H3,(H,17,18). The molecule has 0 saturated heterocycles. The Kier molecular flexibility index (Phi) is 5.40. The van der Waals surface area contributed by atoms with Crippen molar-refractivity contribution in [3.63, 3.8) is 0 Å². The summed E-state index contributed by atoms with van der Waals surface area (Å²) < 4.78 is 5.54. The summed E-state index contributed by atoms with van der Waals surface area (Å²) in [5.41, 5.74) is 1.73. The summed E-state index contributed by atoms with van der Waals surface area (Å²) in [6, 6.07) is 11.4. The van der Waals surface area contributed by atoms with E-state index < -0.39 is 0 Å². The zero-order chi connectivity index (χ0) is 14.4. The van der Waals surface area contributed by atoms with Crippen LogP contribution in [0.4, 0.5) is 11.4 Å². The molecular formula is C14H15ClN2O2S. The molecular weight excluding hydrogens is 296 g/mol. The second-order valence-corrected chi connectivity index (χ2v) is 5.92. The lowest BCUT2D eigenvalue weighted by atomic mass is 10.2. The molecule has 1 aromatic heterocycles. The van der Waals surface area contributed by atoms with E-state index in [1.165, 1.54) is 12.0 Å². The number of rotatable bonds is 6. The first-order valence-electron chi connectivity index (χ1n) is 6.04. The van der Waals surface area contributed by atoms with E-state index in [1.807, 2.05) is 36.4 Å². The topological polar surface area (TPSA) is 50.4 Å². The second kappa shape index (κ2) is 7.28. The third-order valence-corrected chi connectivity index (χ3v) is 3.77. The van der Waals surface area contributed by atoms with Crippen LogP contribution in [0.5, 0.6) is 0 Å². The molecule has 2 aromatic rings. The Bertz CT molecular complexity index is 569. The van der Waals surface area contributed by atoms with Crippen molar-refractivity contribution in [2.24, 2.45) is 0 Å². The number of hydrogen-bond donors (Lipinski definition) is 2. The van der Waals surface area contributed by atoms with Crippen LogP contribution in [-0.2, 0) is 16.1 Å². The summed E-state index contributed by atoms with van der Waals surface area (Å²) in [5.74, 6) is -0.165. The van der Waals surface area contributed by atoms with E-state index in [0.717, 1.165) is 22.3 Å². The monoisotopic (exact) mass is 310 g/mol. The van der Waals surface area contributed by atoms with Crippen molar-refractivity contribution >= 4 is 40.2 Å². The van der Waals surface area contributed by atoms with Crippen LogP contribution in [0.15, 0.2) is 36.4 Å². The van der Waals surface area contributed by atoms with Gasteiger partial charge in [0.25, 0.3) is 0 Å². The maximum atomic E-state index is 11.3. The van der Waals surface area contributed by atoms with Gasteiger partial charge in [-0.15, -0.1) is 11.3 Å². The van der Waals surface area contributed by atoms with Gasteiger partial charge in [-0.25, -0.2) is 0 Å². The van der Waals surface area contributed by atoms with Gasteiger partial charge in [0, 0.05) is 29.9 Å². The lowest BCUT2D eigenvalue weighted by Gasteiger charge is -2.07. The maximum absolute atomic E-state index is 11.3. The predicted octanol–water partition coefficient (Wildman–Crippen LogP) is 3.60. The van der Waals surface area contributed by atoms with Gasteiger partial charge in [-0.3, -0.25) is 4.79 Å². The molecule has 0 aliphatic rings. The fourth-order valence-corrected chi connectivity index (χ4v) is 2.66. The summed E-state index contributed by atoms with van der Waals surface area (Å²) in [4.78, 5) is 12.5. The van der Waals surface area contributed by atoms with Crippen LogP contribution >= 0.6 is 22.9 Å². The normalized spacial score (nSPS) is 10.3. The van der Waals surface area contributed by atoms with E-state index in [1.54, 1.807) is 11.3 Å². The van der Waals surface area contributed by atoms with E-state index in [4.69, 9.17) is 16.3 Å². The van der Waals surface area contributed by atoms with Crippen molar-refractivity contribution in [1.29, 1.82) is 0 Å². The zero-order valence-electron chi connectivity index (χ0n) is 11.0. The first-order chi connectivity index (χ1) is 9.67. The van der Waals surface area contributed by atoms with Crippen molar-refractivity contribution in [1.82, 2.24) is 0 Å². The van der Waals surface area contributed by atoms with Gasteiger partial charge >= 0.3 is 0 Å². The number of ether oxygens (including phenoxy) is 1. The minimum Gasteiger partial charge on any atom is -0.380 e. The van der Waals surface area contributed by atoms with Gasteiger partial charge in [-0.2, -0.15) is 0 Å². The molecule has 0 fully saturated rings. The second-order valence-electron chi connectivity index (χ2n) is 4.12. The van der Waals surface area contributed by atoms with Crippen LogP contribution in [-0.4, -0.2) is 19.6 Å². The molecule has 0 atom stereocenters. The summed E-state index contributed by atoms with van der Waals surface area (Å²) in [6.07, 6.45) is 0. The molecule has 6 heteroatoms. The number of carbonyl (C=O) groups is 1. The van der Waals surface area contributed by atoms with Gasteiger partial charge in [0.05, 0.1) is 4.34 Å². The molecule has 0 radical (unpaired) electrons. The van der Waals surface area contributed by atoms with E-state index in [-0.39, 0.29) is 12.5 Å². The van der Waals surface area contributed by atoms with E-state index >= 15 is 0 Å². The average Bonchev–Trinajstić information content (AvgIpc) is 2.84. The third kappa shape index (κ3) is 4.52. The average molecular weight is 311 g/mol. The van der Waals surface area contributed by atoms with Crippen molar-refractivity contribution in [2.75, 3.05) is 24.4 Å². The molecule has 0 bridgehead atoms. The van der Waals surface area contributed by atoms with E-state index in [9.17, 15) is 4.79 Å². The Hall–Kier alpha value is -1.56. The molecule has 1 aromatic carbocycles. The Morgan fingerprint density at radius 3 is 2.50 bits per heavy atom. The van der Waals surface area contributed by atoms with Crippen molar-refractivity contribution in [2.45, 2.75) is 6.54 Å². The Labute approximate surface area is 126 Å². The number of benzene rings is 1. The van der Waals surface area contributed by atoms with Crippen molar-refractivity contribution in [3.8, 4) is 0 Å². The molecule has 0 aliphatic carbocycles. The number of amides is 1. The highest BCUT2D eigenvalue weighted by atomic mass is 35.5. The molecule has 4 nitrogen and oxygen atoms in total. The molecule has 1 heterocycles. The minimum absolute atomic E-state index is 0.0547. The Balaban J connectivity index is 1.86. The molecule has 0 saturated carbocycles. The van der Waals surface area contributed by atoms with Crippen molar-refractivity contribution < 1.29 is 9.53 Å². The molecule has 0 aliphatic heterocycles. The highest BCUT2D eigenvalue weighted by Gasteiger charge is 2.02. The number of nitrogens with one attached hydrogen (secondary N) is 2. The van der Waals surface area contributed by atoms with Crippen LogP contribution in [0.1, 0.15) is 4.88 Å². The third-order valence-electron chi connectivity index (χ3n) is 2.54. The molecule has 0 spiro atoms. The lowest BCUT2D eigenvalue weighted by molar-refractivity contribution is -0.119. The van der Waals surface area contributed by atoms with Gasteiger partial charge in [-0.1, -0.05) is 11.6 Å². The zero-order valence-corrected chi connectivity index (χ0v) is 12.6. The van der Waals surface area contributed by atoms with Gasteiger partial charge < -0.3 is 15.4 Å². The summed E-state index contributed by atoms with van der Waals surface area (Å²) in [7, 11) is 1.49. The highest BCUT2D eigenvalue weighted by Crippen LogP contribution is 2.22. The largest absolute Gasteiger partial charge is 0.380 e. The molecule has 2 rings (SSSR count). The summed E-state index contributed by atoms with van der Waals surface area (Å²) in [5, 5.41) is 6.03. The first-order valence-corrected chi connectivity index (χ1v) is 7.24. The number of carbonyl (C=O) groups excluding carboxylic acids is 1. The number of thiophene rings is 1. The molecule has 106 valence electrons. The first kappa shape index (κ1) is 14.8. The fraction of sp³-hybridized carbons (Fsp3) is 0.214. The molecule has 2 N–H and O–H groups in total. The number of anilines is 2. The Morgan fingerprint density at radius 2 is 1.90 bits per heavy atom. The summed E-state index contributed by atoms with van der Waals surface area (Å²) in [6.45, 7) is 0.784. The molecule has 1 amide bonds.